The van der Waals surface area contributed by atoms with Crippen LogP contribution in [-0.2, 0) is 16.9 Å². The van der Waals surface area contributed by atoms with Crippen molar-refractivity contribution in [1.29, 1.82) is 0 Å². The molecule has 0 amide bonds. The van der Waals surface area contributed by atoms with Gasteiger partial charge in [-0.2, -0.15) is 13.8 Å². The number of pyridine rings is 1. The average molecular weight is 389 g/mol. The maximum Gasteiger partial charge on any atom is 0.387 e. The summed E-state index contributed by atoms with van der Waals surface area (Å²) in [5.41, 5.74) is -3.87. The second-order valence-corrected chi connectivity index (χ2v) is 5.69. The van der Waals surface area contributed by atoms with E-state index in [0.29, 0.717) is 0 Å². The van der Waals surface area contributed by atoms with E-state index in [1.807, 2.05) is 0 Å². The monoisotopic (exact) mass is 389 g/mol. The molecule has 3 rings (SSSR count). The number of aromatic amines is 1. The van der Waals surface area contributed by atoms with E-state index in [1.165, 1.54) is 26.5 Å². The number of methoxy groups -OCH3 is 2. The SMILES string of the molecule is [2H]c1c(OC([2H])(F)F)c([2H])c2[nH]c([S+]([O-])C([2H])([2H])c3nccc(OC)c3OC)nc2c1[2H]. The molecule has 0 aliphatic rings. The third kappa shape index (κ3) is 3.81. The van der Waals surface area contributed by atoms with E-state index in [2.05, 4.69) is 19.7 Å². The van der Waals surface area contributed by atoms with Crippen LogP contribution in [0.2, 0.25) is 0 Å². The number of aromatic nitrogens is 3. The molecule has 2 aromatic heterocycles. The third-order valence-corrected chi connectivity index (χ3v) is 3.98. The van der Waals surface area contributed by atoms with Crippen LogP contribution >= 0.6 is 0 Å². The second kappa shape index (κ2) is 7.75. The lowest BCUT2D eigenvalue weighted by molar-refractivity contribution is -0.0497. The Bertz CT molecular complexity index is 1180. The molecule has 10 heteroatoms. The number of halogens is 2. The number of nitrogens with one attached hydrogen (secondary N) is 1. The molecule has 0 fully saturated rings. The van der Waals surface area contributed by atoms with Crippen molar-refractivity contribution < 1.29 is 35.8 Å². The van der Waals surface area contributed by atoms with Crippen LogP contribution in [0, 0.1) is 0 Å². The van der Waals surface area contributed by atoms with Crippen LogP contribution in [0.5, 0.6) is 17.2 Å². The van der Waals surface area contributed by atoms with Gasteiger partial charge >= 0.3 is 11.7 Å². The topological polar surface area (TPSA) is 92.3 Å². The predicted octanol–water partition coefficient (Wildman–Crippen LogP) is 2.88. The van der Waals surface area contributed by atoms with Gasteiger partial charge in [-0.25, -0.2) is 0 Å². The Morgan fingerprint density at radius 2 is 2.23 bits per heavy atom. The smallest absolute Gasteiger partial charge is 0.387 e. The Hall–Kier alpha value is -2.59. The summed E-state index contributed by atoms with van der Waals surface area (Å²) in [7, 11) is 2.55. The van der Waals surface area contributed by atoms with E-state index in [4.69, 9.17) is 17.7 Å². The highest BCUT2D eigenvalue weighted by atomic mass is 32.2. The molecule has 1 aromatic carbocycles. The lowest BCUT2D eigenvalue weighted by Crippen LogP contribution is -2.10. The van der Waals surface area contributed by atoms with Crippen LogP contribution < -0.4 is 14.2 Å². The minimum atomic E-state index is -4.47. The van der Waals surface area contributed by atoms with Gasteiger partial charge in [0, 0.05) is 29.5 Å². The van der Waals surface area contributed by atoms with E-state index < -0.39 is 58.0 Å². The summed E-state index contributed by atoms with van der Waals surface area (Å²) in [5, 5.41) is -0.548. The van der Waals surface area contributed by atoms with E-state index in [-0.39, 0.29) is 22.7 Å². The molecule has 2 heterocycles. The molecule has 138 valence electrons. The zero-order valence-electron chi connectivity index (χ0n) is 19.3. The van der Waals surface area contributed by atoms with Gasteiger partial charge in [-0.05, 0) is 12.1 Å². The fourth-order valence-electron chi connectivity index (χ4n) is 2.01. The highest BCUT2D eigenvalue weighted by Gasteiger charge is 2.22. The van der Waals surface area contributed by atoms with Crippen LogP contribution in [0.4, 0.5) is 8.78 Å². The van der Waals surface area contributed by atoms with Crippen LogP contribution in [0.25, 0.3) is 11.0 Å². The van der Waals surface area contributed by atoms with Crippen molar-refractivity contribution in [3.8, 4) is 17.2 Å². The molecule has 1 unspecified atom stereocenters. The largest absolute Gasteiger partial charge is 0.609 e. The van der Waals surface area contributed by atoms with Gasteiger partial charge < -0.3 is 18.8 Å². The Morgan fingerprint density at radius 3 is 2.92 bits per heavy atom. The van der Waals surface area contributed by atoms with Crippen LogP contribution in [-0.4, -0.2) is 40.3 Å². The number of ether oxygens (including phenoxy) is 3. The highest BCUT2D eigenvalue weighted by molar-refractivity contribution is 7.90. The molecule has 0 aliphatic carbocycles. The first-order valence-electron chi connectivity index (χ1n) is 9.89. The summed E-state index contributed by atoms with van der Waals surface area (Å²) >= 11 is -2.63. The fourth-order valence-corrected chi connectivity index (χ4v) is 2.79. The van der Waals surface area contributed by atoms with Gasteiger partial charge in [0.05, 0.1) is 32.1 Å². The zero-order chi connectivity index (χ0) is 24.0. The van der Waals surface area contributed by atoms with Crippen molar-refractivity contribution in [3.63, 3.8) is 0 Å². The number of H-pyrrole nitrogens is 1. The standard InChI is InChI=1S/C16H15F2N3O4S/c1-23-13-5-6-19-12(14(13)24-2)8-26(22)16-20-10-4-3-9(25-15(17)18)7-11(10)21-16/h3-7,15H,8H2,1-2H3,(H,20,21)/i3D,4D,7D,8D2,15D. The number of nitrogens with zero attached hydrogens (tertiary/aromatic N) is 2. The molecule has 1 N–H and O–H groups in total. The molecular formula is C16H15F2N3O4S. The Morgan fingerprint density at radius 1 is 1.42 bits per heavy atom. The summed E-state index contributed by atoms with van der Waals surface area (Å²) in [6.45, 7) is -4.47. The predicted molar refractivity (Wildman–Crippen MR) is 90.2 cm³/mol. The second-order valence-electron chi connectivity index (χ2n) is 4.56. The maximum atomic E-state index is 13.1. The van der Waals surface area contributed by atoms with Gasteiger partial charge in [-0.3, -0.25) is 9.97 Å². The van der Waals surface area contributed by atoms with Crippen molar-refractivity contribution in [3.05, 3.63) is 36.1 Å². The van der Waals surface area contributed by atoms with Crippen molar-refractivity contribution >= 4 is 22.2 Å². The highest BCUT2D eigenvalue weighted by Crippen LogP contribution is 2.31. The van der Waals surface area contributed by atoms with E-state index in [0.717, 1.165) is 0 Å². The van der Waals surface area contributed by atoms with Crippen molar-refractivity contribution in [2.45, 2.75) is 17.4 Å². The van der Waals surface area contributed by atoms with Crippen molar-refractivity contribution in [2.75, 3.05) is 14.2 Å². The first kappa shape index (κ1) is 11.9. The van der Waals surface area contributed by atoms with Crippen LogP contribution in [0.15, 0.2) is 35.5 Å². The summed E-state index contributed by atoms with van der Waals surface area (Å²) in [6, 6.07) is -1.10. The molecule has 0 saturated heterocycles. The number of imidazole rings is 1. The number of hydrogen-bond donors (Lipinski definition) is 1. The molecule has 0 radical (unpaired) electrons. The Kier molecular flexibility index (Phi) is 3.55. The van der Waals surface area contributed by atoms with Crippen LogP contribution in [0.1, 0.15) is 13.9 Å². The summed E-state index contributed by atoms with van der Waals surface area (Å²) in [5.74, 6) is -1.04. The summed E-state index contributed by atoms with van der Waals surface area (Å²) in [4.78, 5) is 10.1. The molecule has 0 aliphatic heterocycles. The first-order chi connectivity index (χ1) is 14.8. The maximum absolute atomic E-state index is 13.1. The molecular weight excluding hydrogens is 368 g/mol. The third-order valence-electron chi connectivity index (χ3n) is 3.05. The summed E-state index contributed by atoms with van der Waals surface area (Å²) < 4.78 is 100. The van der Waals surface area contributed by atoms with Gasteiger partial charge in [0.2, 0.25) is 0 Å². The molecule has 0 spiro atoms. The van der Waals surface area contributed by atoms with Crippen molar-refractivity contribution in [1.82, 2.24) is 15.0 Å². The average Bonchev–Trinajstić information content (AvgIpc) is 3.18. The molecule has 0 bridgehead atoms. The molecule has 3 aromatic rings. The molecule has 7 nitrogen and oxygen atoms in total. The van der Waals surface area contributed by atoms with E-state index >= 15 is 0 Å². The van der Waals surface area contributed by atoms with Gasteiger partial charge in [0.1, 0.15) is 11.4 Å². The molecule has 1 atom stereocenters. The number of hydrogen-bond acceptors (Lipinski definition) is 6. The van der Waals surface area contributed by atoms with E-state index in [1.54, 1.807) is 0 Å². The normalized spacial score (nSPS) is 16.7. The number of benzene rings is 1. The number of rotatable bonds is 7. The van der Waals surface area contributed by atoms with Gasteiger partial charge in [-0.1, -0.05) is 0 Å². The lowest BCUT2D eigenvalue weighted by Gasteiger charge is -2.12. The minimum Gasteiger partial charge on any atom is -0.609 e. The summed E-state index contributed by atoms with van der Waals surface area (Å²) in [6.07, 6.45) is 1.21. The number of fused-ring (bicyclic) bond motifs is 1. The minimum absolute atomic E-state index is 0.117. The van der Waals surface area contributed by atoms with Gasteiger partial charge in [-0.15, -0.1) is 0 Å². The van der Waals surface area contributed by atoms with Crippen molar-refractivity contribution in [2.24, 2.45) is 0 Å². The Labute approximate surface area is 158 Å². The van der Waals surface area contributed by atoms with Gasteiger partial charge in [0.15, 0.2) is 18.6 Å². The Balaban J connectivity index is 2.14. The lowest BCUT2D eigenvalue weighted by atomic mass is 10.3. The van der Waals surface area contributed by atoms with Crippen LogP contribution in [0.3, 0.4) is 0 Å². The van der Waals surface area contributed by atoms with Gasteiger partial charge in [0.25, 0.3) is 0 Å². The quantitative estimate of drug-likeness (QED) is 0.625. The zero-order valence-corrected chi connectivity index (χ0v) is 14.2. The number of alkyl halides is 2. The first-order valence-corrected chi connectivity index (χ1v) is 8.04. The fraction of sp³-hybridized carbons (Fsp3) is 0.250. The molecule has 26 heavy (non-hydrogen) atoms. The van der Waals surface area contributed by atoms with E-state index in [9.17, 15) is 13.3 Å². The molecule has 0 saturated carbocycles.